The van der Waals surface area contributed by atoms with Crippen molar-refractivity contribution in [3.63, 3.8) is 0 Å². The third-order valence-electron chi connectivity index (χ3n) is 2.50. The first-order valence-corrected chi connectivity index (χ1v) is 6.36. The Morgan fingerprint density at radius 3 is 2.39 bits per heavy atom. The number of benzene rings is 1. The van der Waals surface area contributed by atoms with Crippen LogP contribution in [0.3, 0.4) is 0 Å². The van der Waals surface area contributed by atoms with E-state index in [1.165, 1.54) is 4.88 Å². The quantitative estimate of drug-likeness (QED) is 0.626. The van der Waals surface area contributed by atoms with Crippen LogP contribution in [0.1, 0.15) is 4.88 Å². The second kappa shape index (κ2) is 5.29. The van der Waals surface area contributed by atoms with Gasteiger partial charge in [-0.2, -0.15) is 0 Å². The molecule has 2 rings (SSSR count). The molecule has 0 bridgehead atoms. The fourth-order valence-electron chi connectivity index (χ4n) is 1.68. The van der Waals surface area contributed by atoms with Gasteiger partial charge in [0.05, 0.1) is 4.92 Å². The molecular formula is C13H14N2O2S. The Labute approximate surface area is 110 Å². The molecule has 1 heterocycles. The van der Waals surface area contributed by atoms with Crippen molar-refractivity contribution in [2.75, 3.05) is 14.1 Å². The van der Waals surface area contributed by atoms with E-state index in [1.807, 2.05) is 14.1 Å². The molecule has 0 unspecified atom stereocenters. The maximum Gasteiger partial charge on any atom is 0.269 e. The highest BCUT2D eigenvalue weighted by molar-refractivity contribution is 7.15. The van der Waals surface area contributed by atoms with E-state index >= 15 is 0 Å². The molecule has 0 N–H and O–H groups in total. The van der Waals surface area contributed by atoms with Crippen molar-refractivity contribution in [1.29, 1.82) is 0 Å². The normalized spacial score (nSPS) is 10.8. The van der Waals surface area contributed by atoms with Gasteiger partial charge in [0.2, 0.25) is 0 Å². The fraction of sp³-hybridized carbons (Fsp3) is 0.231. The second-order valence-corrected chi connectivity index (χ2v) is 5.48. The molecule has 0 saturated carbocycles. The van der Waals surface area contributed by atoms with Crippen LogP contribution in [0.5, 0.6) is 0 Å². The summed E-state index contributed by atoms with van der Waals surface area (Å²) < 4.78 is 0. The number of hydrogen-bond donors (Lipinski definition) is 0. The van der Waals surface area contributed by atoms with E-state index in [2.05, 4.69) is 17.0 Å². The number of rotatable bonds is 4. The van der Waals surface area contributed by atoms with Crippen LogP contribution < -0.4 is 0 Å². The van der Waals surface area contributed by atoms with Crippen LogP contribution in [0.2, 0.25) is 0 Å². The third kappa shape index (κ3) is 2.94. The zero-order valence-electron chi connectivity index (χ0n) is 10.3. The summed E-state index contributed by atoms with van der Waals surface area (Å²) in [6, 6.07) is 10.8. The summed E-state index contributed by atoms with van der Waals surface area (Å²) in [7, 11) is 4.07. The summed E-state index contributed by atoms with van der Waals surface area (Å²) in [4.78, 5) is 14.7. The van der Waals surface area contributed by atoms with Crippen LogP contribution in [0.15, 0.2) is 36.4 Å². The predicted molar refractivity (Wildman–Crippen MR) is 73.8 cm³/mol. The minimum absolute atomic E-state index is 0.129. The highest BCUT2D eigenvalue weighted by atomic mass is 32.1. The molecule has 0 fully saturated rings. The maximum absolute atomic E-state index is 10.6. The van der Waals surface area contributed by atoms with Crippen molar-refractivity contribution in [3.05, 3.63) is 51.4 Å². The van der Waals surface area contributed by atoms with Gasteiger partial charge in [0.1, 0.15) is 0 Å². The first-order valence-electron chi connectivity index (χ1n) is 5.54. The largest absolute Gasteiger partial charge is 0.304 e. The summed E-state index contributed by atoms with van der Waals surface area (Å²) in [5.41, 5.74) is 1.15. The lowest BCUT2D eigenvalue weighted by molar-refractivity contribution is -0.384. The molecule has 0 spiro atoms. The Hall–Kier alpha value is -1.72. The molecule has 5 heteroatoms. The summed E-state index contributed by atoms with van der Waals surface area (Å²) in [6.07, 6.45) is 0. The van der Waals surface area contributed by atoms with Crippen LogP contribution in [0, 0.1) is 10.1 Å². The van der Waals surface area contributed by atoms with Gasteiger partial charge in [-0.15, -0.1) is 11.3 Å². The zero-order valence-corrected chi connectivity index (χ0v) is 11.1. The molecular weight excluding hydrogens is 248 g/mol. The monoisotopic (exact) mass is 262 g/mol. The molecule has 0 amide bonds. The minimum Gasteiger partial charge on any atom is -0.304 e. The number of non-ortho nitro benzene ring substituents is 1. The lowest BCUT2D eigenvalue weighted by atomic mass is 10.2. The Morgan fingerprint density at radius 1 is 1.17 bits per heavy atom. The molecule has 0 aliphatic carbocycles. The van der Waals surface area contributed by atoms with Crippen LogP contribution >= 0.6 is 11.3 Å². The van der Waals surface area contributed by atoms with Crippen molar-refractivity contribution in [2.45, 2.75) is 6.54 Å². The minimum atomic E-state index is -0.379. The topological polar surface area (TPSA) is 46.4 Å². The number of hydrogen-bond acceptors (Lipinski definition) is 4. The van der Waals surface area contributed by atoms with Gasteiger partial charge in [0.15, 0.2) is 0 Å². The highest BCUT2D eigenvalue weighted by Gasteiger charge is 2.07. The van der Waals surface area contributed by atoms with E-state index < -0.39 is 0 Å². The highest BCUT2D eigenvalue weighted by Crippen LogP contribution is 2.29. The van der Waals surface area contributed by atoms with Gasteiger partial charge in [0, 0.05) is 28.4 Å². The van der Waals surface area contributed by atoms with Crippen molar-refractivity contribution in [1.82, 2.24) is 4.90 Å². The Kier molecular flexibility index (Phi) is 3.74. The van der Waals surface area contributed by atoms with Crippen LogP contribution in [-0.4, -0.2) is 23.9 Å². The lowest BCUT2D eigenvalue weighted by Gasteiger charge is -2.06. The first kappa shape index (κ1) is 12.7. The van der Waals surface area contributed by atoms with Gasteiger partial charge in [0.25, 0.3) is 5.69 Å². The van der Waals surface area contributed by atoms with Gasteiger partial charge in [-0.1, -0.05) is 0 Å². The van der Waals surface area contributed by atoms with E-state index in [9.17, 15) is 10.1 Å². The number of thiophene rings is 1. The number of nitro groups is 1. The molecule has 4 nitrogen and oxygen atoms in total. The Morgan fingerprint density at radius 2 is 1.83 bits per heavy atom. The predicted octanol–water partition coefficient (Wildman–Crippen LogP) is 3.38. The molecule has 0 aliphatic rings. The molecule has 18 heavy (non-hydrogen) atoms. The standard InChI is InChI=1S/C13H14N2O2S/c1-14(2)9-12-7-8-13(18-12)10-3-5-11(6-4-10)15(16)17/h3-8H,9H2,1-2H3. The van der Waals surface area contributed by atoms with E-state index in [-0.39, 0.29) is 10.6 Å². The molecule has 2 aromatic rings. The van der Waals surface area contributed by atoms with Gasteiger partial charge < -0.3 is 4.90 Å². The van der Waals surface area contributed by atoms with Crippen LogP contribution in [0.4, 0.5) is 5.69 Å². The smallest absolute Gasteiger partial charge is 0.269 e. The summed E-state index contributed by atoms with van der Waals surface area (Å²) in [5.74, 6) is 0. The molecule has 94 valence electrons. The second-order valence-electron chi connectivity index (χ2n) is 4.31. The van der Waals surface area contributed by atoms with Crippen molar-refractivity contribution in [2.24, 2.45) is 0 Å². The molecule has 1 aromatic heterocycles. The third-order valence-corrected chi connectivity index (χ3v) is 3.62. The van der Waals surface area contributed by atoms with Crippen LogP contribution in [0.25, 0.3) is 10.4 Å². The van der Waals surface area contributed by atoms with E-state index in [4.69, 9.17) is 0 Å². The van der Waals surface area contributed by atoms with Crippen molar-refractivity contribution in [3.8, 4) is 10.4 Å². The van der Waals surface area contributed by atoms with Crippen LogP contribution in [-0.2, 0) is 6.54 Å². The van der Waals surface area contributed by atoms with Gasteiger partial charge in [-0.05, 0) is 43.9 Å². The fourth-order valence-corrected chi connectivity index (χ4v) is 2.81. The summed E-state index contributed by atoms with van der Waals surface area (Å²) in [6.45, 7) is 0.914. The molecule has 0 aliphatic heterocycles. The average Bonchev–Trinajstić information content (AvgIpc) is 2.76. The van der Waals surface area contributed by atoms with Crippen molar-refractivity contribution >= 4 is 17.0 Å². The lowest BCUT2D eigenvalue weighted by Crippen LogP contribution is -2.09. The summed E-state index contributed by atoms with van der Waals surface area (Å²) in [5, 5.41) is 10.6. The molecule has 0 atom stereocenters. The number of nitrogens with zero attached hydrogens (tertiary/aromatic N) is 2. The zero-order chi connectivity index (χ0) is 13.1. The first-order chi connectivity index (χ1) is 8.56. The Bertz CT molecular complexity index is 546. The van der Waals surface area contributed by atoms with E-state index in [0.29, 0.717) is 0 Å². The van der Waals surface area contributed by atoms with Gasteiger partial charge >= 0.3 is 0 Å². The van der Waals surface area contributed by atoms with E-state index in [0.717, 1.165) is 17.0 Å². The SMILES string of the molecule is CN(C)Cc1ccc(-c2ccc([N+](=O)[O-])cc2)s1. The number of nitro benzene ring substituents is 1. The maximum atomic E-state index is 10.6. The molecule has 1 aromatic carbocycles. The van der Waals surface area contributed by atoms with Crippen molar-refractivity contribution < 1.29 is 4.92 Å². The van der Waals surface area contributed by atoms with E-state index in [1.54, 1.807) is 35.6 Å². The van der Waals surface area contributed by atoms with Gasteiger partial charge in [-0.3, -0.25) is 10.1 Å². The molecule has 0 radical (unpaired) electrons. The Balaban J connectivity index is 2.20. The molecule has 0 saturated heterocycles. The summed E-state index contributed by atoms with van der Waals surface area (Å²) >= 11 is 1.72. The van der Waals surface area contributed by atoms with Gasteiger partial charge in [-0.25, -0.2) is 0 Å². The average molecular weight is 262 g/mol.